The summed E-state index contributed by atoms with van der Waals surface area (Å²) in [4.78, 5) is 23.0. The third-order valence-corrected chi connectivity index (χ3v) is 3.60. The van der Waals surface area contributed by atoms with Gasteiger partial charge in [-0.2, -0.15) is 0 Å². The zero-order valence-electron chi connectivity index (χ0n) is 11.9. The van der Waals surface area contributed by atoms with Crippen molar-refractivity contribution >= 4 is 11.9 Å². The summed E-state index contributed by atoms with van der Waals surface area (Å²) in [7, 11) is 0. The molecule has 2 N–H and O–H groups in total. The van der Waals surface area contributed by atoms with Crippen LogP contribution in [0, 0.1) is 0 Å². The Bertz CT molecular complexity index is 451. The molecule has 0 unspecified atom stereocenters. The molecule has 116 valence electrons. The lowest BCUT2D eigenvalue weighted by atomic mass is 9.98. The minimum absolute atomic E-state index is 0.0760. The number of hydrogen-bond acceptors (Lipinski definition) is 5. The first-order valence-corrected chi connectivity index (χ1v) is 7.33. The van der Waals surface area contributed by atoms with Gasteiger partial charge in [-0.05, 0) is 37.8 Å². The Morgan fingerprint density at radius 1 is 1.38 bits per heavy atom. The van der Waals surface area contributed by atoms with E-state index in [1.165, 1.54) is 12.7 Å². The van der Waals surface area contributed by atoms with Gasteiger partial charge in [0.05, 0.1) is 19.2 Å². The van der Waals surface area contributed by atoms with Gasteiger partial charge in [-0.1, -0.05) is 6.42 Å². The largest absolute Gasteiger partial charge is 0.481 e. The van der Waals surface area contributed by atoms with Crippen molar-refractivity contribution in [1.82, 2.24) is 5.32 Å². The lowest BCUT2D eigenvalue weighted by Gasteiger charge is -2.24. The average Bonchev–Trinajstić information content (AvgIpc) is 2.97. The molecule has 0 saturated heterocycles. The molecule has 1 atom stereocenters. The third kappa shape index (κ3) is 5.23. The standard InChI is InChI=1S/C15H21NO5/c17-14(18)9-13(16-10-12-7-4-8-20-12)15(19)21-11-5-2-1-3-6-11/h4,7-8,11,13,16H,1-3,5-6,9-10H2,(H,17,18)/t13-/m0/s1. The maximum Gasteiger partial charge on any atom is 0.324 e. The molecule has 0 spiro atoms. The topological polar surface area (TPSA) is 88.8 Å². The molecule has 1 saturated carbocycles. The SMILES string of the molecule is O=C(O)C[C@H](NCc1ccco1)C(=O)OC1CCCCC1. The van der Waals surface area contributed by atoms with Gasteiger partial charge in [0.1, 0.15) is 17.9 Å². The number of nitrogens with one attached hydrogen (secondary N) is 1. The number of furan rings is 1. The Labute approximate surface area is 123 Å². The predicted octanol–water partition coefficient (Wildman–Crippen LogP) is 2.09. The number of rotatable bonds is 7. The summed E-state index contributed by atoms with van der Waals surface area (Å²) >= 11 is 0. The summed E-state index contributed by atoms with van der Waals surface area (Å²) in [6.45, 7) is 0.296. The second kappa shape index (κ2) is 7.83. The van der Waals surface area contributed by atoms with E-state index in [9.17, 15) is 9.59 Å². The van der Waals surface area contributed by atoms with Gasteiger partial charge in [0.2, 0.25) is 0 Å². The summed E-state index contributed by atoms with van der Waals surface area (Å²) in [5.74, 6) is -0.876. The van der Waals surface area contributed by atoms with Crippen LogP contribution in [0.5, 0.6) is 0 Å². The number of ether oxygens (including phenoxy) is 1. The van der Waals surface area contributed by atoms with E-state index in [-0.39, 0.29) is 12.5 Å². The van der Waals surface area contributed by atoms with E-state index in [1.807, 2.05) is 0 Å². The molecule has 6 heteroatoms. The summed E-state index contributed by atoms with van der Waals surface area (Å²) in [5.41, 5.74) is 0. The molecule has 1 aliphatic rings. The van der Waals surface area contributed by atoms with E-state index in [0.29, 0.717) is 12.3 Å². The van der Waals surface area contributed by atoms with Gasteiger partial charge in [0.15, 0.2) is 0 Å². The molecule has 0 bridgehead atoms. The molecule has 1 aromatic heterocycles. The first-order valence-electron chi connectivity index (χ1n) is 7.33. The van der Waals surface area contributed by atoms with Crippen molar-refractivity contribution in [3.63, 3.8) is 0 Å². The number of carboxylic acid groups (broad SMARTS) is 1. The molecule has 6 nitrogen and oxygen atoms in total. The van der Waals surface area contributed by atoms with Crippen molar-refractivity contribution in [2.75, 3.05) is 0 Å². The fraction of sp³-hybridized carbons (Fsp3) is 0.600. The van der Waals surface area contributed by atoms with E-state index in [2.05, 4.69) is 5.32 Å². The van der Waals surface area contributed by atoms with Gasteiger partial charge >= 0.3 is 11.9 Å². The van der Waals surface area contributed by atoms with Gasteiger partial charge in [-0.25, -0.2) is 0 Å². The van der Waals surface area contributed by atoms with Crippen LogP contribution in [0.2, 0.25) is 0 Å². The van der Waals surface area contributed by atoms with Crippen LogP contribution in [0.3, 0.4) is 0 Å². The summed E-state index contributed by atoms with van der Waals surface area (Å²) < 4.78 is 10.6. The molecule has 1 heterocycles. The summed E-state index contributed by atoms with van der Waals surface area (Å²) in [5, 5.41) is 11.8. The second-order valence-corrected chi connectivity index (χ2v) is 5.31. The first kappa shape index (κ1) is 15.6. The highest BCUT2D eigenvalue weighted by molar-refractivity contribution is 5.82. The van der Waals surface area contributed by atoms with E-state index in [0.717, 1.165) is 25.7 Å². The van der Waals surface area contributed by atoms with E-state index < -0.39 is 18.0 Å². The zero-order valence-corrected chi connectivity index (χ0v) is 11.9. The van der Waals surface area contributed by atoms with E-state index in [1.54, 1.807) is 12.1 Å². The van der Waals surface area contributed by atoms with Crippen LogP contribution in [-0.2, 0) is 20.9 Å². The molecule has 1 aromatic rings. The van der Waals surface area contributed by atoms with Gasteiger partial charge in [-0.3, -0.25) is 14.9 Å². The summed E-state index contributed by atoms with van der Waals surface area (Å²) in [6.07, 6.45) is 6.17. The molecule has 1 aliphatic carbocycles. The monoisotopic (exact) mass is 295 g/mol. The van der Waals surface area contributed by atoms with Crippen molar-refractivity contribution in [3.05, 3.63) is 24.2 Å². The van der Waals surface area contributed by atoms with Crippen molar-refractivity contribution in [2.24, 2.45) is 0 Å². The number of carbonyl (C=O) groups excluding carboxylic acids is 1. The molecule has 0 amide bonds. The van der Waals surface area contributed by atoms with Crippen molar-refractivity contribution in [2.45, 2.75) is 57.2 Å². The van der Waals surface area contributed by atoms with Crippen LogP contribution >= 0.6 is 0 Å². The minimum atomic E-state index is -1.03. The molecule has 0 aromatic carbocycles. The molecule has 21 heavy (non-hydrogen) atoms. The fourth-order valence-corrected chi connectivity index (χ4v) is 2.48. The van der Waals surface area contributed by atoms with Crippen LogP contribution in [0.15, 0.2) is 22.8 Å². The van der Waals surface area contributed by atoms with Crippen LogP contribution in [0.25, 0.3) is 0 Å². The van der Waals surface area contributed by atoms with E-state index >= 15 is 0 Å². The Balaban J connectivity index is 1.87. The molecule has 1 fully saturated rings. The number of hydrogen-bond donors (Lipinski definition) is 2. The van der Waals surface area contributed by atoms with E-state index in [4.69, 9.17) is 14.3 Å². The minimum Gasteiger partial charge on any atom is -0.481 e. The number of carboxylic acids is 1. The maximum atomic E-state index is 12.1. The predicted molar refractivity (Wildman–Crippen MR) is 74.6 cm³/mol. The molecule has 2 rings (SSSR count). The lowest BCUT2D eigenvalue weighted by Crippen LogP contribution is -2.41. The Morgan fingerprint density at radius 3 is 2.76 bits per heavy atom. The zero-order chi connectivity index (χ0) is 15.1. The molecular weight excluding hydrogens is 274 g/mol. The van der Waals surface area contributed by atoms with Gasteiger partial charge in [0.25, 0.3) is 0 Å². The van der Waals surface area contributed by atoms with Crippen LogP contribution in [0.4, 0.5) is 0 Å². The smallest absolute Gasteiger partial charge is 0.324 e. The highest BCUT2D eigenvalue weighted by Gasteiger charge is 2.26. The highest BCUT2D eigenvalue weighted by atomic mass is 16.5. The summed E-state index contributed by atoms with van der Waals surface area (Å²) in [6, 6.07) is 2.65. The van der Waals surface area contributed by atoms with Crippen LogP contribution in [-0.4, -0.2) is 29.2 Å². The van der Waals surface area contributed by atoms with Crippen molar-refractivity contribution in [1.29, 1.82) is 0 Å². The normalized spacial score (nSPS) is 17.3. The Hall–Kier alpha value is -1.82. The van der Waals surface area contributed by atoms with Gasteiger partial charge in [0, 0.05) is 0 Å². The average molecular weight is 295 g/mol. The first-order chi connectivity index (χ1) is 10.1. The Morgan fingerprint density at radius 2 is 2.14 bits per heavy atom. The van der Waals surface area contributed by atoms with Gasteiger partial charge in [-0.15, -0.1) is 0 Å². The number of aliphatic carboxylic acids is 1. The second-order valence-electron chi connectivity index (χ2n) is 5.31. The van der Waals surface area contributed by atoms with Crippen molar-refractivity contribution < 1.29 is 23.8 Å². The number of esters is 1. The fourth-order valence-electron chi connectivity index (χ4n) is 2.48. The molecule has 0 radical (unpaired) electrons. The van der Waals surface area contributed by atoms with Gasteiger partial charge < -0.3 is 14.3 Å². The Kier molecular flexibility index (Phi) is 5.80. The lowest BCUT2D eigenvalue weighted by molar-refractivity contribution is -0.156. The highest BCUT2D eigenvalue weighted by Crippen LogP contribution is 2.21. The third-order valence-electron chi connectivity index (χ3n) is 3.60. The maximum absolute atomic E-state index is 12.1. The van der Waals surface area contributed by atoms with Crippen LogP contribution in [0.1, 0.15) is 44.3 Å². The molecular formula is C15H21NO5. The number of carbonyl (C=O) groups is 2. The molecule has 0 aliphatic heterocycles. The van der Waals surface area contributed by atoms with Crippen LogP contribution < -0.4 is 5.32 Å². The quantitative estimate of drug-likeness (QED) is 0.749. The van der Waals surface area contributed by atoms with Crippen molar-refractivity contribution in [3.8, 4) is 0 Å².